The van der Waals surface area contributed by atoms with E-state index in [0.29, 0.717) is 31.7 Å². The summed E-state index contributed by atoms with van der Waals surface area (Å²) >= 11 is 0. The van der Waals surface area contributed by atoms with Crippen molar-refractivity contribution in [1.82, 2.24) is 29.9 Å². The number of hydrogen-bond acceptors (Lipinski definition) is 5. The van der Waals surface area contributed by atoms with E-state index in [2.05, 4.69) is 20.3 Å². The number of pyridine rings is 1. The summed E-state index contributed by atoms with van der Waals surface area (Å²) in [5.74, 6) is -0.0606. The van der Waals surface area contributed by atoms with Crippen LogP contribution in [-0.4, -0.2) is 42.3 Å². The van der Waals surface area contributed by atoms with Crippen molar-refractivity contribution in [3.8, 4) is 0 Å². The number of fused-ring (bicyclic) bond motifs is 2. The smallest absolute Gasteiger partial charge is 0.274 e. The average molecular weight is 390 g/mol. The lowest BCUT2D eigenvalue weighted by Gasteiger charge is -2.28. The number of H-pyrrole nitrogens is 1. The molecule has 0 saturated heterocycles. The highest BCUT2D eigenvalue weighted by Crippen LogP contribution is 2.25. The van der Waals surface area contributed by atoms with E-state index in [0.717, 1.165) is 53.8 Å². The second-order valence-corrected chi connectivity index (χ2v) is 7.69. The van der Waals surface area contributed by atoms with Gasteiger partial charge in [-0.3, -0.25) is 19.7 Å². The van der Waals surface area contributed by atoms with Crippen LogP contribution in [0, 0.1) is 0 Å². The molecule has 8 nitrogen and oxygen atoms in total. The van der Waals surface area contributed by atoms with Gasteiger partial charge >= 0.3 is 0 Å². The van der Waals surface area contributed by atoms with Gasteiger partial charge in [-0.15, -0.1) is 0 Å². The Balaban J connectivity index is 1.37. The monoisotopic (exact) mass is 390 g/mol. The summed E-state index contributed by atoms with van der Waals surface area (Å²) in [5.41, 5.74) is 5.16. The van der Waals surface area contributed by atoms with Gasteiger partial charge in [0.25, 0.3) is 11.5 Å². The molecule has 8 heteroatoms. The fraction of sp³-hybridized carbons (Fsp3) is 0.381. The van der Waals surface area contributed by atoms with Gasteiger partial charge in [0.1, 0.15) is 0 Å². The zero-order valence-electron chi connectivity index (χ0n) is 16.1. The van der Waals surface area contributed by atoms with E-state index in [-0.39, 0.29) is 11.5 Å². The van der Waals surface area contributed by atoms with Crippen LogP contribution in [0.25, 0.3) is 0 Å². The highest BCUT2D eigenvalue weighted by atomic mass is 16.2. The number of aryl methyl sites for hydroxylation is 1. The van der Waals surface area contributed by atoms with Gasteiger partial charge in [-0.2, -0.15) is 10.2 Å². The molecule has 1 N–H and O–H groups in total. The molecular formula is C21H22N6O2. The molecule has 0 atom stereocenters. The van der Waals surface area contributed by atoms with Crippen molar-refractivity contribution in [2.24, 2.45) is 0 Å². The van der Waals surface area contributed by atoms with Gasteiger partial charge in [0.15, 0.2) is 5.69 Å². The number of carbonyl (C=O) groups is 1. The number of carbonyl (C=O) groups excluding carboxylic acids is 1. The fourth-order valence-electron chi connectivity index (χ4n) is 4.20. The minimum Gasteiger partial charge on any atom is -0.332 e. The lowest BCUT2D eigenvalue weighted by atomic mass is 9.95. The highest BCUT2D eigenvalue weighted by Gasteiger charge is 2.28. The van der Waals surface area contributed by atoms with Gasteiger partial charge in [0.2, 0.25) is 0 Å². The molecule has 3 aromatic heterocycles. The van der Waals surface area contributed by atoms with Gasteiger partial charge in [0, 0.05) is 54.8 Å². The van der Waals surface area contributed by atoms with Crippen LogP contribution < -0.4 is 5.56 Å². The Bertz CT molecular complexity index is 1120. The number of nitrogens with one attached hydrogen (secondary N) is 1. The van der Waals surface area contributed by atoms with Crippen molar-refractivity contribution in [2.45, 2.75) is 45.2 Å². The first-order chi connectivity index (χ1) is 14.2. The Hall–Kier alpha value is -3.29. The minimum absolute atomic E-state index is 0.0606. The van der Waals surface area contributed by atoms with Gasteiger partial charge in [0.05, 0.1) is 12.2 Å². The molecule has 5 rings (SSSR count). The Kier molecular flexibility index (Phi) is 4.46. The second kappa shape index (κ2) is 7.27. The SMILES string of the molecule is O=C(c1n[nH]c2c1CCCC2)N1CCc2nn(Cc3cccnc3)c(=O)cc2C1. The maximum atomic E-state index is 13.1. The largest absolute Gasteiger partial charge is 0.332 e. The lowest BCUT2D eigenvalue weighted by Crippen LogP contribution is -2.39. The molecule has 0 bridgehead atoms. The van der Waals surface area contributed by atoms with Crippen LogP contribution >= 0.6 is 0 Å². The predicted octanol–water partition coefficient (Wildman–Crippen LogP) is 1.49. The molecule has 0 aromatic carbocycles. The van der Waals surface area contributed by atoms with E-state index in [1.165, 1.54) is 4.68 Å². The Labute approximate surface area is 167 Å². The summed E-state index contributed by atoms with van der Waals surface area (Å²) in [7, 11) is 0. The summed E-state index contributed by atoms with van der Waals surface area (Å²) in [6.07, 6.45) is 8.15. The highest BCUT2D eigenvalue weighted by molar-refractivity contribution is 5.94. The molecule has 148 valence electrons. The Morgan fingerprint density at radius 3 is 2.97 bits per heavy atom. The van der Waals surface area contributed by atoms with Crippen molar-refractivity contribution in [3.05, 3.63) is 74.7 Å². The molecule has 1 amide bonds. The lowest BCUT2D eigenvalue weighted by molar-refractivity contribution is 0.0725. The standard InChI is InChI=1S/C21H22N6O2/c28-19-10-15-13-26(21(29)20-16-5-1-2-6-18(16)23-24-20)9-7-17(15)25-27(19)12-14-4-3-8-22-11-14/h3-4,8,10-11H,1-2,5-7,9,12-13H2,(H,23,24). The number of hydrogen-bond donors (Lipinski definition) is 1. The number of amides is 1. The van der Waals surface area contributed by atoms with E-state index in [1.54, 1.807) is 23.4 Å². The molecule has 0 saturated carbocycles. The maximum absolute atomic E-state index is 13.1. The van der Waals surface area contributed by atoms with E-state index in [4.69, 9.17) is 0 Å². The van der Waals surface area contributed by atoms with Crippen molar-refractivity contribution in [3.63, 3.8) is 0 Å². The van der Waals surface area contributed by atoms with Gasteiger partial charge in [-0.1, -0.05) is 6.07 Å². The molecule has 0 radical (unpaired) electrons. The summed E-state index contributed by atoms with van der Waals surface area (Å²) in [6.45, 7) is 1.36. The maximum Gasteiger partial charge on any atom is 0.274 e. The summed E-state index contributed by atoms with van der Waals surface area (Å²) in [5, 5.41) is 11.9. The molecule has 0 unspecified atom stereocenters. The Morgan fingerprint density at radius 2 is 2.10 bits per heavy atom. The molecule has 0 fully saturated rings. The van der Waals surface area contributed by atoms with Crippen LogP contribution in [-0.2, 0) is 32.4 Å². The van der Waals surface area contributed by atoms with Crippen molar-refractivity contribution >= 4 is 5.91 Å². The van der Waals surface area contributed by atoms with E-state index in [1.807, 2.05) is 12.1 Å². The van der Waals surface area contributed by atoms with Crippen LogP contribution in [0.2, 0.25) is 0 Å². The molecule has 1 aliphatic heterocycles. The normalized spacial score (nSPS) is 15.7. The number of nitrogens with zero attached hydrogens (tertiary/aromatic N) is 5. The number of aromatic nitrogens is 5. The van der Waals surface area contributed by atoms with E-state index in [9.17, 15) is 9.59 Å². The van der Waals surface area contributed by atoms with Crippen LogP contribution in [0.5, 0.6) is 0 Å². The molecule has 2 aliphatic rings. The van der Waals surface area contributed by atoms with Gasteiger partial charge < -0.3 is 4.90 Å². The molecule has 0 spiro atoms. The van der Waals surface area contributed by atoms with Gasteiger partial charge in [-0.05, 0) is 37.3 Å². The molecular weight excluding hydrogens is 368 g/mol. The third kappa shape index (κ3) is 3.35. The second-order valence-electron chi connectivity index (χ2n) is 7.69. The Morgan fingerprint density at radius 1 is 1.21 bits per heavy atom. The molecule has 3 aromatic rings. The average Bonchev–Trinajstić information content (AvgIpc) is 3.18. The van der Waals surface area contributed by atoms with E-state index < -0.39 is 0 Å². The van der Waals surface area contributed by atoms with Crippen LogP contribution in [0.3, 0.4) is 0 Å². The zero-order chi connectivity index (χ0) is 19.8. The van der Waals surface area contributed by atoms with E-state index >= 15 is 0 Å². The van der Waals surface area contributed by atoms with Gasteiger partial charge in [-0.25, -0.2) is 4.68 Å². The van der Waals surface area contributed by atoms with Crippen LogP contribution in [0.4, 0.5) is 0 Å². The molecule has 1 aliphatic carbocycles. The zero-order valence-corrected chi connectivity index (χ0v) is 16.1. The minimum atomic E-state index is -0.168. The fourth-order valence-corrected chi connectivity index (χ4v) is 4.20. The molecule has 4 heterocycles. The first kappa shape index (κ1) is 17.8. The van der Waals surface area contributed by atoms with Crippen LogP contribution in [0.15, 0.2) is 35.4 Å². The third-order valence-corrected chi connectivity index (χ3v) is 5.75. The third-order valence-electron chi connectivity index (χ3n) is 5.75. The van der Waals surface area contributed by atoms with Crippen molar-refractivity contribution in [2.75, 3.05) is 6.54 Å². The summed E-state index contributed by atoms with van der Waals surface area (Å²) in [6, 6.07) is 5.37. The first-order valence-corrected chi connectivity index (χ1v) is 10.0. The molecule has 29 heavy (non-hydrogen) atoms. The first-order valence-electron chi connectivity index (χ1n) is 10.0. The van der Waals surface area contributed by atoms with Crippen molar-refractivity contribution < 1.29 is 4.79 Å². The van der Waals surface area contributed by atoms with Crippen LogP contribution in [0.1, 0.15) is 51.4 Å². The number of rotatable bonds is 3. The topological polar surface area (TPSA) is 96.8 Å². The van der Waals surface area contributed by atoms with Crippen molar-refractivity contribution in [1.29, 1.82) is 0 Å². The number of aromatic amines is 1. The quantitative estimate of drug-likeness (QED) is 0.731. The predicted molar refractivity (Wildman–Crippen MR) is 106 cm³/mol. The summed E-state index contributed by atoms with van der Waals surface area (Å²) < 4.78 is 1.47. The summed E-state index contributed by atoms with van der Waals surface area (Å²) in [4.78, 5) is 31.5.